The number of aliphatic carboxylic acids is 1. The fraction of sp³-hybridized carbons (Fsp3) is 0.429. The molecule has 1 unspecified atom stereocenters. The van der Waals surface area contributed by atoms with Gasteiger partial charge < -0.3 is 10.0 Å². The molecule has 0 aliphatic carbocycles. The minimum absolute atomic E-state index is 0.0268. The number of carboxylic acids is 1. The van der Waals surface area contributed by atoms with Gasteiger partial charge >= 0.3 is 12.1 Å². The molecule has 0 saturated carbocycles. The highest BCUT2D eigenvalue weighted by Crippen LogP contribution is 2.31. The van der Waals surface area contributed by atoms with Gasteiger partial charge in [0.15, 0.2) is 0 Å². The summed E-state index contributed by atoms with van der Waals surface area (Å²) in [6.07, 6.45) is -3.49. The van der Waals surface area contributed by atoms with Crippen molar-refractivity contribution in [2.24, 2.45) is 0 Å². The van der Waals surface area contributed by atoms with E-state index in [2.05, 4.69) is 4.98 Å². The van der Waals surface area contributed by atoms with E-state index in [0.29, 0.717) is 23.4 Å². The standard InChI is InChI=1S/C21H24F3N3O4S/c1-3-17-13-26(19-7-5-16(12-25-19)21(22,23)24)8-9-27(17)32(30,31)18-6-4-14(2)15(10-18)11-20(28)29/h4-7,10,12,17H,3,8-9,11,13H2,1-2H3,(H,28,29). The van der Waals surface area contributed by atoms with Crippen LogP contribution in [-0.2, 0) is 27.4 Å². The fourth-order valence-corrected chi connectivity index (χ4v) is 5.47. The molecule has 7 nitrogen and oxygen atoms in total. The molecule has 32 heavy (non-hydrogen) atoms. The van der Waals surface area contributed by atoms with E-state index < -0.39 is 33.8 Å². The molecule has 11 heteroatoms. The van der Waals surface area contributed by atoms with Crippen LogP contribution in [0.15, 0.2) is 41.4 Å². The van der Waals surface area contributed by atoms with Gasteiger partial charge in [-0.3, -0.25) is 4.79 Å². The Labute approximate surface area is 184 Å². The van der Waals surface area contributed by atoms with E-state index in [1.807, 2.05) is 6.92 Å². The van der Waals surface area contributed by atoms with Gasteiger partial charge in [0.1, 0.15) is 5.82 Å². The molecule has 0 amide bonds. The number of nitrogens with zero attached hydrogens (tertiary/aromatic N) is 3. The maximum atomic E-state index is 13.3. The molecule has 0 spiro atoms. The fourth-order valence-electron chi connectivity index (χ4n) is 3.73. The summed E-state index contributed by atoms with van der Waals surface area (Å²) in [5.41, 5.74) is 0.279. The normalized spacial score (nSPS) is 18.0. The first-order valence-electron chi connectivity index (χ1n) is 10.0. The Bertz CT molecular complexity index is 1090. The van der Waals surface area contributed by atoms with Gasteiger partial charge in [-0.1, -0.05) is 13.0 Å². The van der Waals surface area contributed by atoms with Crippen molar-refractivity contribution >= 4 is 21.8 Å². The Kier molecular flexibility index (Phi) is 6.80. The molecule has 2 aromatic rings. The van der Waals surface area contributed by atoms with Crippen LogP contribution in [0.5, 0.6) is 0 Å². The zero-order chi connectivity index (χ0) is 23.7. The topological polar surface area (TPSA) is 90.8 Å². The Balaban J connectivity index is 1.82. The molecule has 2 heterocycles. The Morgan fingerprint density at radius 1 is 1.22 bits per heavy atom. The minimum atomic E-state index is -4.47. The minimum Gasteiger partial charge on any atom is -0.481 e. The molecule has 1 fully saturated rings. The van der Waals surface area contributed by atoms with E-state index in [1.165, 1.54) is 22.5 Å². The second-order valence-corrected chi connectivity index (χ2v) is 9.58. The molecule has 1 aliphatic heterocycles. The van der Waals surface area contributed by atoms with Crippen LogP contribution in [0.25, 0.3) is 0 Å². The molecule has 0 bridgehead atoms. The number of piperazine rings is 1. The van der Waals surface area contributed by atoms with Crippen LogP contribution >= 0.6 is 0 Å². The monoisotopic (exact) mass is 471 g/mol. The number of carboxylic acid groups (broad SMARTS) is 1. The van der Waals surface area contributed by atoms with Crippen LogP contribution in [-0.4, -0.2) is 54.5 Å². The number of aryl methyl sites for hydroxylation is 1. The summed E-state index contributed by atoms with van der Waals surface area (Å²) in [5, 5.41) is 9.08. The first kappa shape index (κ1) is 24.0. The van der Waals surface area contributed by atoms with E-state index in [0.717, 1.165) is 12.3 Å². The van der Waals surface area contributed by atoms with Gasteiger partial charge in [-0.2, -0.15) is 17.5 Å². The molecule has 1 aromatic heterocycles. The van der Waals surface area contributed by atoms with Crippen molar-refractivity contribution in [3.05, 3.63) is 53.2 Å². The summed E-state index contributed by atoms with van der Waals surface area (Å²) in [6.45, 7) is 4.23. The van der Waals surface area contributed by atoms with E-state index in [9.17, 15) is 26.4 Å². The number of hydrogen-bond acceptors (Lipinski definition) is 5. The Hall–Kier alpha value is -2.66. The highest BCUT2D eigenvalue weighted by Gasteiger charge is 2.36. The molecular formula is C21H24F3N3O4S. The molecule has 1 atom stereocenters. The van der Waals surface area contributed by atoms with Crippen molar-refractivity contribution in [1.29, 1.82) is 0 Å². The largest absolute Gasteiger partial charge is 0.481 e. The molecule has 1 saturated heterocycles. The van der Waals surface area contributed by atoms with Crippen LogP contribution < -0.4 is 4.90 Å². The predicted molar refractivity (Wildman–Crippen MR) is 112 cm³/mol. The lowest BCUT2D eigenvalue weighted by Gasteiger charge is -2.40. The average molecular weight is 472 g/mol. The highest BCUT2D eigenvalue weighted by molar-refractivity contribution is 7.89. The SMILES string of the molecule is CCC1CN(c2ccc(C(F)(F)F)cn2)CCN1S(=O)(=O)c1ccc(C)c(CC(=O)O)c1. The Morgan fingerprint density at radius 2 is 1.94 bits per heavy atom. The van der Waals surface area contributed by atoms with Gasteiger partial charge in [0.25, 0.3) is 0 Å². The van der Waals surface area contributed by atoms with Crippen LogP contribution in [0.3, 0.4) is 0 Å². The lowest BCUT2D eigenvalue weighted by molar-refractivity contribution is -0.138. The first-order chi connectivity index (χ1) is 14.9. The van der Waals surface area contributed by atoms with E-state index in [1.54, 1.807) is 17.9 Å². The number of anilines is 1. The third-order valence-electron chi connectivity index (χ3n) is 5.57. The first-order valence-corrected chi connectivity index (χ1v) is 11.5. The van der Waals surface area contributed by atoms with E-state index in [4.69, 9.17) is 5.11 Å². The average Bonchev–Trinajstić information content (AvgIpc) is 2.73. The van der Waals surface area contributed by atoms with Crippen molar-refractivity contribution in [2.45, 2.75) is 43.8 Å². The Morgan fingerprint density at radius 3 is 2.50 bits per heavy atom. The summed E-state index contributed by atoms with van der Waals surface area (Å²) in [7, 11) is -3.89. The van der Waals surface area contributed by atoms with Crippen molar-refractivity contribution in [3.8, 4) is 0 Å². The van der Waals surface area contributed by atoms with Crippen molar-refractivity contribution < 1.29 is 31.5 Å². The summed E-state index contributed by atoms with van der Waals surface area (Å²) in [5.74, 6) is -0.695. The van der Waals surface area contributed by atoms with E-state index >= 15 is 0 Å². The van der Waals surface area contributed by atoms with Crippen molar-refractivity contribution in [3.63, 3.8) is 0 Å². The van der Waals surface area contributed by atoms with Gasteiger partial charge in [0.05, 0.1) is 16.9 Å². The number of rotatable bonds is 6. The maximum absolute atomic E-state index is 13.3. The lowest BCUT2D eigenvalue weighted by Crippen LogP contribution is -2.55. The summed E-state index contributed by atoms with van der Waals surface area (Å²) in [4.78, 5) is 16.8. The molecule has 1 aliphatic rings. The number of pyridine rings is 1. The van der Waals surface area contributed by atoms with Gasteiger partial charge in [0, 0.05) is 31.9 Å². The van der Waals surface area contributed by atoms with Gasteiger partial charge in [-0.05, 0) is 48.7 Å². The summed E-state index contributed by atoms with van der Waals surface area (Å²) >= 11 is 0. The van der Waals surface area contributed by atoms with Crippen LogP contribution in [0.1, 0.15) is 30.0 Å². The second kappa shape index (κ2) is 9.07. The zero-order valence-corrected chi connectivity index (χ0v) is 18.4. The third-order valence-corrected chi connectivity index (χ3v) is 7.52. The summed E-state index contributed by atoms with van der Waals surface area (Å²) in [6, 6.07) is 6.29. The maximum Gasteiger partial charge on any atom is 0.417 e. The van der Waals surface area contributed by atoms with Crippen molar-refractivity contribution in [2.75, 3.05) is 24.5 Å². The number of aromatic nitrogens is 1. The van der Waals surface area contributed by atoms with E-state index in [-0.39, 0.29) is 31.0 Å². The van der Waals surface area contributed by atoms with Crippen molar-refractivity contribution in [1.82, 2.24) is 9.29 Å². The van der Waals surface area contributed by atoms with Gasteiger partial charge in [-0.25, -0.2) is 13.4 Å². The number of sulfonamides is 1. The highest BCUT2D eigenvalue weighted by atomic mass is 32.2. The number of carbonyl (C=O) groups is 1. The predicted octanol–water partition coefficient (Wildman–Crippen LogP) is 3.33. The number of alkyl halides is 3. The molecule has 0 radical (unpaired) electrons. The second-order valence-electron chi connectivity index (χ2n) is 7.69. The summed E-state index contributed by atoms with van der Waals surface area (Å²) < 4.78 is 66.4. The molecular weight excluding hydrogens is 447 g/mol. The van der Waals surface area contributed by atoms with Crippen LogP contribution in [0.4, 0.5) is 19.0 Å². The molecule has 1 aromatic carbocycles. The van der Waals surface area contributed by atoms with Gasteiger partial charge in [-0.15, -0.1) is 0 Å². The zero-order valence-electron chi connectivity index (χ0n) is 17.6. The number of halogens is 3. The quantitative estimate of drug-likeness (QED) is 0.695. The third kappa shape index (κ3) is 5.04. The lowest BCUT2D eigenvalue weighted by atomic mass is 10.1. The molecule has 3 rings (SSSR count). The molecule has 174 valence electrons. The van der Waals surface area contributed by atoms with Crippen LogP contribution in [0.2, 0.25) is 0 Å². The number of benzene rings is 1. The number of hydrogen-bond donors (Lipinski definition) is 1. The van der Waals surface area contributed by atoms with Crippen LogP contribution in [0, 0.1) is 6.92 Å². The van der Waals surface area contributed by atoms with Gasteiger partial charge in [0.2, 0.25) is 10.0 Å². The smallest absolute Gasteiger partial charge is 0.417 e. The molecule has 1 N–H and O–H groups in total.